The molecule has 0 unspecified atom stereocenters. The van der Waals surface area contributed by atoms with E-state index in [1.807, 2.05) is 0 Å². The van der Waals surface area contributed by atoms with Gasteiger partial charge in [0.25, 0.3) is 17.5 Å². The standard InChI is InChI=1S/C20H16N2O8/c1-11(21-18(23)15-4-2-3-5-16(15)19(21)24)20(25)29-9-13-7-14(22(26)27)6-12-8-28-10-30-17(12)13/h2-7,11H,8-10H2,1H3/t11-/m0/s1. The van der Waals surface area contributed by atoms with Gasteiger partial charge < -0.3 is 14.2 Å². The lowest BCUT2D eigenvalue weighted by Gasteiger charge is -2.22. The molecule has 30 heavy (non-hydrogen) atoms. The van der Waals surface area contributed by atoms with E-state index in [0.29, 0.717) is 16.9 Å². The van der Waals surface area contributed by atoms with E-state index in [4.69, 9.17) is 14.2 Å². The Bertz CT molecular complexity index is 1050. The highest BCUT2D eigenvalue weighted by Crippen LogP contribution is 2.33. The lowest BCUT2D eigenvalue weighted by molar-refractivity contribution is -0.385. The quantitative estimate of drug-likeness (QED) is 0.317. The summed E-state index contributed by atoms with van der Waals surface area (Å²) >= 11 is 0. The van der Waals surface area contributed by atoms with E-state index in [1.54, 1.807) is 12.1 Å². The number of hydrogen-bond acceptors (Lipinski definition) is 8. The van der Waals surface area contributed by atoms with Gasteiger partial charge in [0.2, 0.25) is 0 Å². The van der Waals surface area contributed by atoms with E-state index in [-0.39, 0.29) is 36.8 Å². The minimum Gasteiger partial charge on any atom is -0.467 e. The van der Waals surface area contributed by atoms with Gasteiger partial charge in [0.1, 0.15) is 18.4 Å². The molecular formula is C20H16N2O8. The second-order valence-electron chi connectivity index (χ2n) is 6.77. The Labute approximate surface area is 170 Å². The number of amides is 2. The van der Waals surface area contributed by atoms with E-state index in [1.165, 1.54) is 31.2 Å². The molecule has 0 aliphatic carbocycles. The summed E-state index contributed by atoms with van der Waals surface area (Å²) in [5.41, 5.74) is 1.02. The van der Waals surface area contributed by atoms with Crippen LogP contribution in [0.5, 0.6) is 5.75 Å². The zero-order valence-electron chi connectivity index (χ0n) is 15.8. The molecular weight excluding hydrogens is 396 g/mol. The SMILES string of the molecule is C[C@@H](C(=O)OCc1cc([N+](=O)[O-])cc2c1OCOC2)N1C(=O)c2ccccc2C1=O. The van der Waals surface area contributed by atoms with Crippen LogP contribution in [0.4, 0.5) is 5.69 Å². The summed E-state index contributed by atoms with van der Waals surface area (Å²) in [4.78, 5) is 49.1. The number of esters is 1. The van der Waals surface area contributed by atoms with Crippen LogP contribution in [-0.2, 0) is 27.5 Å². The first kappa shape index (κ1) is 19.5. The number of fused-ring (bicyclic) bond motifs is 2. The Kier molecular flexibility index (Phi) is 4.92. The fourth-order valence-electron chi connectivity index (χ4n) is 3.43. The van der Waals surface area contributed by atoms with Crippen molar-refractivity contribution in [2.75, 3.05) is 6.79 Å². The highest BCUT2D eigenvalue weighted by molar-refractivity contribution is 6.22. The summed E-state index contributed by atoms with van der Waals surface area (Å²) in [6.45, 7) is 1.16. The van der Waals surface area contributed by atoms with Gasteiger partial charge >= 0.3 is 5.97 Å². The summed E-state index contributed by atoms with van der Waals surface area (Å²) < 4.78 is 15.8. The first-order chi connectivity index (χ1) is 14.4. The highest BCUT2D eigenvalue weighted by atomic mass is 16.7. The molecule has 10 heteroatoms. The minimum absolute atomic E-state index is 0.0306. The van der Waals surface area contributed by atoms with Gasteiger partial charge in [0.15, 0.2) is 6.79 Å². The summed E-state index contributed by atoms with van der Waals surface area (Å²) in [7, 11) is 0. The molecule has 2 heterocycles. The number of ether oxygens (including phenoxy) is 3. The molecule has 0 saturated carbocycles. The van der Waals surface area contributed by atoms with Crippen molar-refractivity contribution >= 4 is 23.5 Å². The average Bonchev–Trinajstić information content (AvgIpc) is 3.01. The highest BCUT2D eigenvalue weighted by Gasteiger charge is 2.41. The van der Waals surface area contributed by atoms with Crippen molar-refractivity contribution in [2.24, 2.45) is 0 Å². The lowest BCUT2D eigenvalue weighted by Crippen LogP contribution is -2.43. The van der Waals surface area contributed by atoms with Crippen LogP contribution in [0.3, 0.4) is 0 Å². The van der Waals surface area contributed by atoms with Crippen LogP contribution >= 0.6 is 0 Å². The first-order valence-electron chi connectivity index (χ1n) is 9.02. The average molecular weight is 412 g/mol. The van der Waals surface area contributed by atoms with Crippen molar-refractivity contribution in [3.05, 3.63) is 68.8 Å². The number of nitro groups is 1. The Hall–Kier alpha value is -3.79. The fourth-order valence-corrected chi connectivity index (χ4v) is 3.43. The van der Waals surface area contributed by atoms with E-state index >= 15 is 0 Å². The predicted molar refractivity (Wildman–Crippen MR) is 99.6 cm³/mol. The first-order valence-corrected chi connectivity index (χ1v) is 9.02. The normalized spacial score (nSPS) is 15.8. The predicted octanol–water partition coefficient (Wildman–Crippen LogP) is 2.19. The number of carbonyl (C=O) groups excluding carboxylic acids is 3. The van der Waals surface area contributed by atoms with Gasteiger partial charge in [-0.25, -0.2) is 4.79 Å². The number of carbonyl (C=O) groups is 3. The van der Waals surface area contributed by atoms with E-state index < -0.39 is 28.7 Å². The van der Waals surface area contributed by atoms with Crippen molar-refractivity contribution in [1.29, 1.82) is 0 Å². The maximum atomic E-state index is 12.6. The van der Waals surface area contributed by atoms with Gasteiger partial charge in [-0.05, 0) is 19.1 Å². The van der Waals surface area contributed by atoms with Crippen LogP contribution in [0.15, 0.2) is 36.4 Å². The molecule has 0 bridgehead atoms. The molecule has 2 amide bonds. The molecule has 4 rings (SSSR count). The van der Waals surface area contributed by atoms with Crippen LogP contribution in [0.25, 0.3) is 0 Å². The zero-order chi connectivity index (χ0) is 21.4. The second kappa shape index (κ2) is 7.56. The fraction of sp³-hybridized carbons (Fsp3) is 0.250. The number of nitro benzene ring substituents is 1. The van der Waals surface area contributed by atoms with E-state index in [0.717, 1.165) is 4.90 Å². The monoisotopic (exact) mass is 412 g/mol. The van der Waals surface area contributed by atoms with Crippen molar-refractivity contribution in [3.8, 4) is 5.75 Å². The van der Waals surface area contributed by atoms with Crippen LogP contribution in [0.2, 0.25) is 0 Å². The molecule has 0 aromatic heterocycles. The molecule has 0 radical (unpaired) electrons. The van der Waals surface area contributed by atoms with Gasteiger partial charge in [-0.3, -0.25) is 24.6 Å². The number of imide groups is 1. The van der Waals surface area contributed by atoms with Gasteiger partial charge in [0.05, 0.1) is 22.7 Å². The molecule has 154 valence electrons. The topological polar surface area (TPSA) is 125 Å². The third-order valence-corrected chi connectivity index (χ3v) is 4.91. The Morgan fingerprint density at radius 3 is 2.53 bits per heavy atom. The molecule has 0 N–H and O–H groups in total. The molecule has 0 saturated heterocycles. The summed E-state index contributed by atoms with van der Waals surface area (Å²) in [6.07, 6.45) is 0. The van der Waals surface area contributed by atoms with Crippen LogP contribution < -0.4 is 4.74 Å². The number of nitrogens with zero attached hydrogens (tertiary/aromatic N) is 2. The number of non-ortho nitro benzene ring substituents is 1. The van der Waals surface area contributed by atoms with E-state index in [2.05, 4.69) is 0 Å². The Balaban J connectivity index is 1.52. The molecule has 1 atom stereocenters. The van der Waals surface area contributed by atoms with Crippen LogP contribution in [0, 0.1) is 10.1 Å². The summed E-state index contributed by atoms with van der Waals surface area (Å²) in [5, 5.41) is 11.2. The molecule has 2 aromatic carbocycles. The van der Waals surface area contributed by atoms with Crippen molar-refractivity contribution < 1.29 is 33.5 Å². The van der Waals surface area contributed by atoms with Gasteiger partial charge in [-0.1, -0.05) is 12.1 Å². The third-order valence-electron chi connectivity index (χ3n) is 4.91. The van der Waals surface area contributed by atoms with E-state index in [9.17, 15) is 24.5 Å². The van der Waals surface area contributed by atoms with Gasteiger partial charge in [-0.15, -0.1) is 0 Å². The maximum absolute atomic E-state index is 12.6. The molecule has 2 aromatic rings. The Morgan fingerprint density at radius 2 is 1.90 bits per heavy atom. The van der Waals surface area contributed by atoms with Crippen LogP contribution in [0.1, 0.15) is 38.8 Å². The lowest BCUT2D eigenvalue weighted by atomic mass is 10.1. The summed E-state index contributed by atoms with van der Waals surface area (Å²) in [6, 6.07) is 7.71. The smallest absolute Gasteiger partial charge is 0.329 e. The molecule has 2 aliphatic heterocycles. The molecule has 10 nitrogen and oxygen atoms in total. The molecule has 0 fully saturated rings. The maximum Gasteiger partial charge on any atom is 0.329 e. The van der Waals surface area contributed by atoms with Crippen molar-refractivity contribution in [1.82, 2.24) is 4.90 Å². The molecule has 0 spiro atoms. The minimum atomic E-state index is -1.17. The Morgan fingerprint density at radius 1 is 1.23 bits per heavy atom. The third kappa shape index (κ3) is 3.26. The van der Waals surface area contributed by atoms with Gasteiger partial charge in [-0.2, -0.15) is 0 Å². The second-order valence-corrected chi connectivity index (χ2v) is 6.77. The zero-order valence-corrected chi connectivity index (χ0v) is 15.8. The van der Waals surface area contributed by atoms with Gasteiger partial charge in [0, 0.05) is 23.3 Å². The number of rotatable bonds is 5. The number of benzene rings is 2. The molecule has 2 aliphatic rings. The summed E-state index contributed by atoms with van der Waals surface area (Å²) in [5.74, 6) is -1.62. The largest absolute Gasteiger partial charge is 0.467 e. The van der Waals surface area contributed by atoms with Crippen LogP contribution in [-0.4, -0.2) is 40.4 Å². The van der Waals surface area contributed by atoms with Crippen molar-refractivity contribution in [2.45, 2.75) is 26.2 Å². The van der Waals surface area contributed by atoms with Crippen molar-refractivity contribution in [3.63, 3.8) is 0 Å². The number of hydrogen-bond donors (Lipinski definition) is 0.